The second-order valence-corrected chi connectivity index (χ2v) is 4.92. The van der Waals surface area contributed by atoms with Crippen molar-refractivity contribution in [2.75, 3.05) is 31.7 Å². The highest BCUT2D eigenvalue weighted by Crippen LogP contribution is 2.28. The van der Waals surface area contributed by atoms with Crippen LogP contribution in [-0.4, -0.2) is 36.5 Å². The van der Waals surface area contributed by atoms with Crippen molar-refractivity contribution in [3.05, 3.63) is 24.1 Å². The molecule has 2 aromatic rings. The molecule has 0 bridgehead atoms. The fourth-order valence-corrected chi connectivity index (χ4v) is 2.08. The molecule has 1 aromatic carbocycles. The van der Waals surface area contributed by atoms with Gasteiger partial charge < -0.3 is 19.6 Å². The molecule has 18 heavy (non-hydrogen) atoms. The van der Waals surface area contributed by atoms with E-state index in [1.165, 1.54) is 0 Å². The van der Waals surface area contributed by atoms with E-state index in [9.17, 15) is 5.11 Å². The third-order valence-corrected chi connectivity index (χ3v) is 3.31. The molecule has 0 atom stereocenters. The van der Waals surface area contributed by atoms with Crippen LogP contribution in [0.2, 0.25) is 0 Å². The van der Waals surface area contributed by atoms with Crippen LogP contribution in [0.25, 0.3) is 11.1 Å². The van der Waals surface area contributed by atoms with Crippen molar-refractivity contribution in [3.63, 3.8) is 0 Å². The minimum Gasteiger partial charge on any atom is -0.441 e. The summed E-state index contributed by atoms with van der Waals surface area (Å²) >= 11 is 0. The number of hydrogen-bond donors (Lipinski definition) is 2. The van der Waals surface area contributed by atoms with Gasteiger partial charge in [-0.2, -0.15) is 0 Å². The molecule has 0 amide bonds. The SMILES string of the molecule is Cc1nc2ccc(NCC3(CO)COC3)cc2o1. The first kappa shape index (κ1) is 11.5. The predicted molar refractivity (Wildman–Crippen MR) is 67.6 cm³/mol. The van der Waals surface area contributed by atoms with Crippen LogP contribution < -0.4 is 5.32 Å². The van der Waals surface area contributed by atoms with Crippen LogP contribution in [0.5, 0.6) is 0 Å². The highest BCUT2D eigenvalue weighted by molar-refractivity contribution is 5.77. The summed E-state index contributed by atoms with van der Waals surface area (Å²) in [6, 6.07) is 5.83. The first-order chi connectivity index (χ1) is 8.71. The number of aryl methyl sites for hydroxylation is 1. The van der Waals surface area contributed by atoms with Crippen LogP contribution in [0.15, 0.2) is 22.6 Å². The average molecular weight is 248 g/mol. The molecular weight excluding hydrogens is 232 g/mol. The molecule has 0 saturated carbocycles. The Bertz CT molecular complexity index is 555. The third kappa shape index (κ3) is 1.95. The van der Waals surface area contributed by atoms with E-state index in [0.29, 0.717) is 25.6 Å². The molecule has 96 valence electrons. The first-order valence-electron chi connectivity index (χ1n) is 6.00. The maximum Gasteiger partial charge on any atom is 0.192 e. The molecule has 2 N–H and O–H groups in total. The highest BCUT2D eigenvalue weighted by atomic mass is 16.5. The minimum atomic E-state index is -0.133. The second-order valence-electron chi connectivity index (χ2n) is 4.92. The van der Waals surface area contributed by atoms with Gasteiger partial charge in [0.05, 0.1) is 25.2 Å². The lowest BCUT2D eigenvalue weighted by atomic mass is 9.87. The predicted octanol–water partition coefficient (Wildman–Crippen LogP) is 1.56. The zero-order valence-electron chi connectivity index (χ0n) is 10.3. The van der Waals surface area contributed by atoms with E-state index in [-0.39, 0.29) is 12.0 Å². The number of benzene rings is 1. The van der Waals surface area contributed by atoms with Crippen molar-refractivity contribution in [1.82, 2.24) is 4.98 Å². The Morgan fingerprint density at radius 2 is 2.28 bits per heavy atom. The summed E-state index contributed by atoms with van der Waals surface area (Å²) in [4.78, 5) is 4.25. The molecule has 0 spiro atoms. The summed E-state index contributed by atoms with van der Waals surface area (Å²) in [6.45, 7) is 3.89. The normalized spacial score (nSPS) is 17.7. The molecule has 1 saturated heterocycles. The number of oxazole rings is 1. The number of anilines is 1. The van der Waals surface area contributed by atoms with Crippen molar-refractivity contribution in [1.29, 1.82) is 0 Å². The molecule has 0 unspecified atom stereocenters. The van der Waals surface area contributed by atoms with Crippen LogP contribution >= 0.6 is 0 Å². The summed E-state index contributed by atoms with van der Waals surface area (Å²) in [5.41, 5.74) is 2.48. The maximum absolute atomic E-state index is 9.34. The van der Waals surface area contributed by atoms with Gasteiger partial charge >= 0.3 is 0 Å². The Kier molecular flexibility index (Phi) is 2.72. The zero-order chi connectivity index (χ0) is 12.6. The van der Waals surface area contributed by atoms with Crippen molar-refractivity contribution in [2.24, 2.45) is 5.41 Å². The Morgan fingerprint density at radius 3 is 2.94 bits per heavy atom. The smallest absolute Gasteiger partial charge is 0.192 e. The molecule has 5 nitrogen and oxygen atoms in total. The Labute approximate surface area is 105 Å². The number of aliphatic hydroxyl groups is 1. The summed E-state index contributed by atoms with van der Waals surface area (Å²) < 4.78 is 10.6. The van der Waals surface area contributed by atoms with Gasteiger partial charge in [0, 0.05) is 25.2 Å². The quantitative estimate of drug-likeness (QED) is 0.859. The topological polar surface area (TPSA) is 67.5 Å². The fourth-order valence-electron chi connectivity index (χ4n) is 2.08. The van der Waals surface area contributed by atoms with E-state index in [1.807, 2.05) is 25.1 Å². The average Bonchev–Trinajstić information content (AvgIpc) is 2.67. The zero-order valence-corrected chi connectivity index (χ0v) is 10.3. The van der Waals surface area contributed by atoms with Gasteiger partial charge in [0.2, 0.25) is 0 Å². The number of ether oxygens (including phenoxy) is 1. The largest absolute Gasteiger partial charge is 0.441 e. The summed E-state index contributed by atoms with van der Waals surface area (Å²) in [6.07, 6.45) is 0. The number of hydrogen-bond acceptors (Lipinski definition) is 5. The van der Waals surface area contributed by atoms with Gasteiger partial charge in [0.15, 0.2) is 11.5 Å². The van der Waals surface area contributed by atoms with Gasteiger partial charge in [-0.3, -0.25) is 0 Å². The monoisotopic (exact) mass is 248 g/mol. The van der Waals surface area contributed by atoms with Gasteiger partial charge in [-0.25, -0.2) is 4.98 Å². The van der Waals surface area contributed by atoms with Crippen LogP contribution in [0, 0.1) is 12.3 Å². The number of fused-ring (bicyclic) bond motifs is 1. The van der Waals surface area contributed by atoms with E-state index in [2.05, 4.69) is 10.3 Å². The van der Waals surface area contributed by atoms with Crippen LogP contribution in [0.4, 0.5) is 5.69 Å². The molecule has 1 fully saturated rings. The number of rotatable bonds is 4. The van der Waals surface area contributed by atoms with E-state index in [1.54, 1.807) is 0 Å². The fraction of sp³-hybridized carbons (Fsp3) is 0.462. The van der Waals surface area contributed by atoms with Gasteiger partial charge in [-0.1, -0.05) is 0 Å². The van der Waals surface area contributed by atoms with Crippen LogP contribution in [0.1, 0.15) is 5.89 Å². The maximum atomic E-state index is 9.34. The van der Waals surface area contributed by atoms with E-state index < -0.39 is 0 Å². The number of nitrogens with zero attached hydrogens (tertiary/aromatic N) is 1. The van der Waals surface area contributed by atoms with E-state index in [4.69, 9.17) is 9.15 Å². The third-order valence-electron chi connectivity index (χ3n) is 3.31. The lowest BCUT2D eigenvalue weighted by Gasteiger charge is -2.40. The van der Waals surface area contributed by atoms with Gasteiger partial charge in [0.1, 0.15) is 5.52 Å². The summed E-state index contributed by atoms with van der Waals surface area (Å²) in [5.74, 6) is 0.668. The molecule has 1 aromatic heterocycles. The minimum absolute atomic E-state index is 0.133. The van der Waals surface area contributed by atoms with Gasteiger partial charge in [-0.15, -0.1) is 0 Å². The number of aliphatic hydroxyl groups excluding tert-OH is 1. The molecule has 0 aliphatic carbocycles. The molecule has 3 rings (SSSR count). The Balaban J connectivity index is 1.74. The highest BCUT2D eigenvalue weighted by Gasteiger charge is 2.37. The summed E-state index contributed by atoms with van der Waals surface area (Å²) in [5, 5.41) is 12.7. The molecule has 2 heterocycles. The second kappa shape index (κ2) is 4.26. The van der Waals surface area contributed by atoms with Crippen molar-refractivity contribution in [2.45, 2.75) is 6.92 Å². The molecule has 0 radical (unpaired) electrons. The molecule has 1 aliphatic heterocycles. The lowest BCUT2D eigenvalue weighted by Crippen LogP contribution is -2.50. The first-order valence-corrected chi connectivity index (χ1v) is 6.00. The van der Waals surface area contributed by atoms with Gasteiger partial charge in [-0.05, 0) is 12.1 Å². The van der Waals surface area contributed by atoms with E-state index in [0.717, 1.165) is 16.8 Å². The van der Waals surface area contributed by atoms with Crippen LogP contribution in [0.3, 0.4) is 0 Å². The standard InChI is InChI=1S/C13H16N2O3/c1-9-15-11-3-2-10(4-12(11)18-9)14-5-13(6-16)7-17-8-13/h2-4,14,16H,5-8H2,1H3. The van der Waals surface area contributed by atoms with Crippen molar-refractivity contribution < 1.29 is 14.3 Å². The Morgan fingerprint density at radius 1 is 1.44 bits per heavy atom. The Hall–Kier alpha value is -1.59. The molecule has 1 aliphatic rings. The van der Waals surface area contributed by atoms with Gasteiger partial charge in [0.25, 0.3) is 0 Å². The van der Waals surface area contributed by atoms with Crippen molar-refractivity contribution in [3.8, 4) is 0 Å². The summed E-state index contributed by atoms with van der Waals surface area (Å²) in [7, 11) is 0. The number of nitrogens with one attached hydrogen (secondary N) is 1. The molecule has 5 heteroatoms. The lowest BCUT2D eigenvalue weighted by molar-refractivity contribution is -0.128. The number of aromatic nitrogens is 1. The van der Waals surface area contributed by atoms with Crippen molar-refractivity contribution >= 4 is 16.8 Å². The van der Waals surface area contributed by atoms with E-state index >= 15 is 0 Å². The molecular formula is C13H16N2O3. The van der Waals surface area contributed by atoms with Crippen LogP contribution in [-0.2, 0) is 4.74 Å².